The highest BCUT2D eigenvalue weighted by Crippen LogP contribution is 2.35. The Bertz CT molecular complexity index is 2070. The van der Waals surface area contributed by atoms with Crippen molar-refractivity contribution in [3.63, 3.8) is 0 Å². The number of nitriles is 1. The van der Waals surface area contributed by atoms with Gasteiger partial charge in [0.05, 0.1) is 43.2 Å². The summed E-state index contributed by atoms with van der Waals surface area (Å²) in [6.45, 7) is 6.15. The summed E-state index contributed by atoms with van der Waals surface area (Å²) in [7, 11) is 1.61. The lowest BCUT2D eigenvalue weighted by Crippen LogP contribution is -2.40. The molecule has 1 fully saturated rings. The van der Waals surface area contributed by atoms with Gasteiger partial charge >= 0.3 is 5.97 Å². The van der Waals surface area contributed by atoms with E-state index < -0.39 is 18.6 Å². The molecular formula is C39H42ClN7O5. The molecule has 0 saturated carbocycles. The van der Waals surface area contributed by atoms with Gasteiger partial charge in [-0.3, -0.25) is 24.3 Å². The van der Waals surface area contributed by atoms with Gasteiger partial charge in [0.25, 0.3) is 0 Å². The normalized spacial score (nSPS) is 13.8. The van der Waals surface area contributed by atoms with E-state index in [1.165, 1.54) is 37.0 Å². The van der Waals surface area contributed by atoms with Crippen LogP contribution in [-0.4, -0.2) is 91.7 Å². The summed E-state index contributed by atoms with van der Waals surface area (Å²) in [5.74, 6) is 0.187. The van der Waals surface area contributed by atoms with E-state index in [1.54, 1.807) is 31.6 Å². The second-order valence-corrected chi connectivity index (χ2v) is 13.5. The fourth-order valence-corrected chi connectivity index (χ4v) is 6.87. The van der Waals surface area contributed by atoms with E-state index in [0.717, 1.165) is 51.9 Å². The minimum absolute atomic E-state index is 0.112. The van der Waals surface area contributed by atoms with Gasteiger partial charge in [0.2, 0.25) is 0 Å². The van der Waals surface area contributed by atoms with E-state index in [0.29, 0.717) is 40.6 Å². The number of likely N-dealkylation sites (N-methyl/N-ethyl adjacent to an activating group) is 1. The molecule has 1 aliphatic heterocycles. The number of likely N-dealkylation sites (tertiary alicyclic amines) is 1. The molecule has 5 aromatic rings. The first-order valence-corrected chi connectivity index (χ1v) is 17.7. The van der Waals surface area contributed by atoms with Gasteiger partial charge in [-0.1, -0.05) is 23.7 Å². The molecule has 52 heavy (non-hydrogen) atoms. The smallest absolute Gasteiger partial charge is 0.323 e. The first-order valence-electron chi connectivity index (χ1n) is 17.3. The van der Waals surface area contributed by atoms with Gasteiger partial charge in [-0.25, -0.2) is 0 Å². The van der Waals surface area contributed by atoms with Crippen LogP contribution in [0.15, 0.2) is 67.4 Å². The highest BCUT2D eigenvalue weighted by Gasteiger charge is 2.24. The lowest BCUT2D eigenvalue weighted by atomic mass is 9.99. The molecule has 1 atom stereocenters. The number of ether oxygens (including phenoxy) is 2. The van der Waals surface area contributed by atoms with Crippen molar-refractivity contribution in [1.29, 1.82) is 5.26 Å². The average Bonchev–Trinajstić information content (AvgIpc) is 3.82. The number of halogens is 1. The summed E-state index contributed by atoms with van der Waals surface area (Å²) in [6.07, 6.45) is 12.1. The molecule has 1 aliphatic rings. The first kappa shape index (κ1) is 36.7. The number of hydrogen-bond acceptors (Lipinski definition) is 10. The van der Waals surface area contributed by atoms with Gasteiger partial charge < -0.3 is 24.6 Å². The SMILES string of the molecule is Cc1c(OCCCN2CCCC2)cccc1-c1cncc2c1cnn2Cc1cc(OCc2cncc(C#N)c2)c(CN(C)C(CO)C(=O)O)cc1Cl. The Kier molecular flexibility index (Phi) is 12.0. The Morgan fingerprint density at radius 2 is 1.85 bits per heavy atom. The monoisotopic (exact) mass is 723 g/mol. The van der Waals surface area contributed by atoms with Crippen molar-refractivity contribution in [3.8, 4) is 28.7 Å². The number of carboxylic acid groups (broad SMARTS) is 1. The molecule has 1 saturated heterocycles. The summed E-state index contributed by atoms with van der Waals surface area (Å²) in [4.78, 5) is 24.5. The van der Waals surface area contributed by atoms with Crippen LogP contribution in [0.25, 0.3) is 22.0 Å². The van der Waals surface area contributed by atoms with E-state index >= 15 is 0 Å². The number of aliphatic hydroxyl groups is 1. The third kappa shape index (κ3) is 8.52. The van der Waals surface area contributed by atoms with Crippen LogP contribution in [0.3, 0.4) is 0 Å². The molecule has 2 N–H and O–H groups in total. The van der Waals surface area contributed by atoms with Crippen LogP contribution in [0.5, 0.6) is 11.5 Å². The number of aliphatic carboxylic acids is 1. The van der Waals surface area contributed by atoms with E-state index in [2.05, 4.69) is 33.9 Å². The van der Waals surface area contributed by atoms with Gasteiger partial charge in [0.1, 0.15) is 30.2 Å². The van der Waals surface area contributed by atoms with Crippen molar-refractivity contribution < 1.29 is 24.5 Å². The van der Waals surface area contributed by atoms with E-state index in [4.69, 9.17) is 26.2 Å². The predicted molar refractivity (Wildman–Crippen MR) is 197 cm³/mol. The van der Waals surface area contributed by atoms with Crippen LogP contribution >= 0.6 is 11.6 Å². The number of hydrogen-bond donors (Lipinski definition) is 2. The van der Waals surface area contributed by atoms with E-state index in [1.807, 2.05) is 35.3 Å². The summed E-state index contributed by atoms with van der Waals surface area (Å²) in [6, 6.07) is 12.3. The van der Waals surface area contributed by atoms with Crippen LogP contribution < -0.4 is 9.47 Å². The quantitative estimate of drug-likeness (QED) is 0.121. The van der Waals surface area contributed by atoms with E-state index in [-0.39, 0.29) is 13.2 Å². The van der Waals surface area contributed by atoms with Gasteiger partial charge in [-0.05, 0) is 87.3 Å². The Labute approximate surface area is 307 Å². The number of aliphatic hydroxyl groups excluding tert-OH is 1. The molecule has 3 aromatic heterocycles. The van der Waals surface area contributed by atoms with Crippen molar-refractivity contribution in [2.24, 2.45) is 0 Å². The molecule has 12 nitrogen and oxygen atoms in total. The highest BCUT2D eigenvalue weighted by atomic mass is 35.5. The van der Waals surface area contributed by atoms with Crippen LogP contribution in [0.2, 0.25) is 5.02 Å². The lowest BCUT2D eigenvalue weighted by molar-refractivity contribution is -0.144. The second-order valence-electron chi connectivity index (χ2n) is 13.1. The second kappa shape index (κ2) is 17.0. The zero-order valence-electron chi connectivity index (χ0n) is 29.3. The van der Waals surface area contributed by atoms with E-state index in [9.17, 15) is 20.3 Å². The van der Waals surface area contributed by atoms with Crippen LogP contribution in [0.1, 0.15) is 47.1 Å². The number of rotatable bonds is 16. The fourth-order valence-electron chi connectivity index (χ4n) is 6.62. The number of aromatic nitrogens is 4. The molecule has 0 aliphatic carbocycles. The Hall–Kier alpha value is -5.06. The minimum Gasteiger partial charge on any atom is -0.493 e. The zero-order valence-corrected chi connectivity index (χ0v) is 30.1. The molecule has 4 heterocycles. The Balaban J connectivity index is 1.26. The maximum atomic E-state index is 11.8. The molecule has 0 amide bonds. The van der Waals surface area contributed by atoms with Gasteiger partial charge in [-0.15, -0.1) is 0 Å². The van der Waals surface area contributed by atoms with Gasteiger partial charge in [0.15, 0.2) is 0 Å². The highest BCUT2D eigenvalue weighted by molar-refractivity contribution is 6.31. The van der Waals surface area contributed by atoms with Crippen LogP contribution in [-0.2, 0) is 24.5 Å². The largest absolute Gasteiger partial charge is 0.493 e. The first-order chi connectivity index (χ1) is 25.2. The number of pyridine rings is 2. The topological polar surface area (TPSA) is 150 Å². The molecule has 270 valence electrons. The maximum Gasteiger partial charge on any atom is 0.323 e. The number of benzene rings is 2. The van der Waals surface area contributed by atoms with Crippen molar-refractivity contribution in [2.45, 2.75) is 51.9 Å². The summed E-state index contributed by atoms with van der Waals surface area (Å²) in [5, 5.41) is 34.7. The Morgan fingerprint density at radius 1 is 1.04 bits per heavy atom. The van der Waals surface area contributed by atoms with Crippen molar-refractivity contribution in [3.05, 3.63) is 100 Å². The number of fused-ring (bicyclic) bond motifs is 1. The summed E-state index contributed by atoms with van der Waals surface area (Å²) in [5.41, 5.74) is 6.28. The number of carbonyl (C=O) groups is 1. The van der Waals surface area contributed by atoms with Crippen molar-refractivity contribution in [1.82, 2.24) is 29.5 Å². The van der Waals surface area contributed by atoms with Crippen molar-refractivity contribution in [2.75, 3.05) is 39.9 Å². The lowest BCUT2D eigenvalue weighted by Gasteiger charge is -2.24. The molecule has 0 spiro atoms. The summed E-state index contributed by atoms with van der Waals surface area (Å²) >= 11 is 6.88. The minimum atomic E-state index is -1.14. The molecule has 13 heteroatoms. The van der Waals surface area contributed by atoms with Crippen molar-refractivity contribution >= 4 is 28.5 Å². The maximum absolute atomic E-state index is 11.8. The van der Waals surface area contributed by atoms with Gasteiger partial charge in [0, 0.05) is 58.8 Å². The summed E-state index contributed by atoms with van der Waals surface area (Å²) < 4.78 is 14.3. The number of carboxylic acids is 1. The molecule has 0 radical (unpaired) electrons. The fraction of sp³-hybridized carbons (Fsp3) is 0.359. The molecule has 2 aromatic carbocycles. The third-order valence-corrected chi connectivity index (χ3v) is 9.85. The predicted octanol–water partition coefficient (Wildman–Crippen LogP) is 5.70. The molecule has 1 unspecified atom stereocenters. The average molecular weight is 724 g/mol. The number of nitrogens with zero attached hydrogens (tertiary/aromatic N) is 7. The third-order valence-electron chi connectivity index (χ3n) is 9.50. The Morgan fingerprint density at radius 3 is 2.62 bits per heavy atom. The van der Waals surface area contributed by atoms with Crippen LogP contribution in [0.4, 0.5) is 0 Å². The molecular weight excluding hydrogens is 682 g/mol. The molecule has 0 bridgehead atoms. The standard InChI is InChI=1S/C39H42ClN7O5/c1-26-31(7-5-8-37(26)51-12-6-11-46-9-3-4-10-46)32-19-43-21-35-33(32)20-44-47(35)23-29-15-38(52-25-28-13-27(16-41)17-42-18-28)30(14-34(29)40)22-45(2)36(24-48)39(49)50/h5,7-8,13-15,17-21,36,48H,3-4,6,9-12,22-25H2,1-2H3,(H,49,50). The molecule has 6 rings (SSSR count). The van der Waals surface area contributed by atoms with Crippen LogP contribution in [0, 0.1) is 18.3 Å². The zero-order chi connectivity index (χ0) is 36.6. The van der Waals surface area contributed by atoms with Gasteiger partial charge in [-0.2, -0.15) is 10.4 Å².